The van der Waals surface area contributed by atoms with Gasteiger partial charge in [0.2, 0.25) is 5.95 Å². The fourth-order valence-corrected chi connectivity index (χ4v) is 3.06. The van der Waals surface area contributed by atoms with Crippen LogP contribution in [0.25, 0.3) is 11.2 Å². The monoisotopic (exact) mass is 377 g/mol. The lowest BCUT2D eigenvalue weighted by Gasteiger charge is -2.09. The van der Waals surface area contributed by atoms with Crippen molar-refractivity contribution in [1.82, 2.24) is 18.7 Å². The molecule has 0 aliphatic heterocycles. The van der Waals surface area contributed by atoms with Gasteiger partial charge in [-0.25, -0.2) is 4.79 Å². The quantitative estimate of drug-likeness (QED) is 0.598. The van der Waals surface area contributed by atoms with E-state index in [1.165, 1.54) is 9.13 Å². The number of quaternary nitrogens is 1. The predicted octanol–water partition coefficient (Wildman–Crippen LogP) is 0.179. The number of anilines is 1. The molecule has 138 valence electrons. The van der Waals surface area contributed by atoms with Gasteiger partial charge >= 0.3 is 5.69 Å². The Morgan fingerprint density at radius 1 is 1.19 bits per heavy atom. The highest BCUT2D eigenvalue weighted by Crippen LogP contribution is 2.16. The van der Waals surface area contributed by atoms with Crippen LogP contribution < -0.4 is 22.3 Å². The Hall–Kier alpha value is -2.58. The summed E-state index contributed by atoms with van der Waals surface area (Å²) in [6.07, 6.45) is 0.888. The van der Waals surface area contributed by atoms with Crippen LogP contribution in [0.2, 0.25) is 5.02 Å². The molecule has 0 unspecified atom stereocenters. The maximum absolute atomic E-state index is 13.0. The molecule has 26 heavy (non-hydrogen) atoms. The third-order valence-electron chi connectivity index (χ3n) is 4.36. The molecule has 3 aromatic rings. The van der Waals surface area contributed by atoms with Crippen molar-refractivity contribution in [2.24, 2.45) is 14.1 Å². The van der Waals surface area contributed by atoms with Crippen LogP contribution in [0.5, 0.6) is 0 Å². The maximum Gasteiger partial charge on any atom is 0.332 e. The van der Waals surface area contributed by atoms with Crippen LogP contribution in [0.3, 0.4) is 0 Å². The number of nitrogens with one attached hydrogen (secondary N) is 1. The van der Waals surface area contributed by atoms with E-state index in [-0.39, 0.29) is 12.1 Å². The molecule has 0 aliphatic rings. The molecule has 0 spiro atoms. The standard InChI is InChI=1S/C17H21ClN6O2/c1-22-13-14(21-16(22)20-9-5-8-19)23(2)17(26)24(15(13)25)10-11-6-3-4-7-12(11)18/h3-4,6-7H,5,8-10,19H2,1-2H3,(H,20,21)/p+1. The number of hydrogen-bond acceptors (Lipinski definition) is 4. The second-order valence-electron chi connectivity index (χ2n) is 6.12. The maximum atomic E-state index is 13.0. The van der Waals surface area contributed by atoms with Gasteiger partial charge in [0.05, 0.1) is 13.1 Å². The zero-order valence-corrected chi connectivity index (χ0v) is 15.6. The van der Waals surface area contributed by atoms with Crippen LogP contribution in [0.4, 0.5) is 5.95 Å². The number of halogens is 1. The van der Waals surface area contributed by atoms with Crippen LogP contribution in [-0.4, -0.2) is 31.8 Å². The molecule has 1 aromatic carbocycles. The van der Waals surface area contributed by atoms with Crippen LogP contribution in [0.15, 0.2) is 33.9 Å². The molecule has 0 atom stereocenters. The van der Waals surface area contributed by atoms with Gasteiger partial charge in [-0.3, -0.25) is 13.9 Å². The van der Waals surface area contributed by atoms with Gasteiger partial charge in [-0.15, -0.1) is 0 Å². The predicted molar refractivity (Wildman–Crippen MR) is 102 cm³/mol. The Labute approximate surface area is 154 Å². The minimum absolute atomic E-state index is 0.108. The largest absolute Gasteiger partial charge is 0.358 e. The van der Waals surface area contributed by atoms with Crippen LogP contribution in [-0.2, 0) is 20.6 Å². The summed E-state index contributed by atoms with van der Waals surface area (Å²) in [5.74, 6) is 0.552. The molecule has 0 saturated carbocycles. The van der Waals surface area contributed by atoms with Crippen LogP contribution >= 0.6 is 11.6 Å². The topological polar surface area (TPSA) is 101 Å². The summed E-state index contributed by atoms with van der Waals surface area (Å²) in [4.78, 5) is 30.1. The zero-order valence-electron chi connectivity index (χ0n) is 14.8. The van der Waals surface area contributed by atoms with Gasteiger partial charge < -0.3 is 15.6 Å². The van der Waals surface area contributed by atoms with Crippen LogP contribution in [0, 0.1) is 0 Å². The number of hydrogen-bond donors (Lipinski definition) is 2. The van der Waals surface area contributed by atoms with Crippen LogP contribution in [0.1, 0.15) is 12.0 Å². The Kier molecular flexibility index (Phi) is 5.15. The Balaban J connectivity index is 2.14. The Morgan fingerprint density at radius 2 is 1.92 bits per heavy atom. The molecule has 8 nitrogen and oxygen atoms in total. The Bertz CT molecular complexity index is 1070. The highest BCUT2D eigenvalue weighted by atomic mass is 35.5. The number of fused-ring (bicyclic) bond motifs is 1. The summed E-state index contributed by atoms with van der Waals surface area (Å²) in [6, 6.07) is 7.16. The molecule has 9 heteroatoms. The fourth-order valence-electron chi connectivity index (χ4n) is 2.86. The van der Waals surface area contributed by atoms with E-state index in [9.17, 15) is 9.59 Å². The van der Waals surface area contributed by atoms with E-state index in [1.54, 1.807) is 36.9 Å². The van der Waals surface area contributed by atoms with Crippen molar-refractivity contribution in [3.05, 3.63) is 55.7 Å². The summed E-state index contributed by atoms with van der Waals surface area (Å²) >= 11 is 6.19. The van der Waals surface area contributed by atoms with Gasteiger partial charge in [0.25, 0.3) is 5.56 Å². The fraction of sp³-hybridized carbons (Fsp3) is 0.353. The molecular formula is C17H22ClN6O2+. The first kappa shape index (κ1) is 18.2. The van der Waals surface area contributed by atoms with E-state index in [1.807, 2.05) is 6.07 Å². The van der Waals surface area contributed by atoms with Crippen molar-refractivity contribution in [3.8, 4) is 0 Å². The summed E-state index contributed by atoms with van der Waals surface area (Å²) < 4.78 is 4.26. The SMILES string of the molecule is Cn1c(NCCC[NH3+])nc2c1c(=O)n(Cc1ccccc1Cl)c(=O)n2C. The lowest BCUT2D eigenvalue weighted by molar-refractivity contribution is -0.367. The summed E-state index contributed by atoms with van der Waals surface area (Å²) in [5, 5.41) is 3.70. The second-order valence-corrected chi connectivity index (χ2v) is 6.53. The number of aryl methyl sites for hydroxylation is 2. The van der Waals surface area contributed by atoms with Crippen molar-refractivity contribution in [2.75, 3.05) is 18.4 Å². The average Bonchev–Trinajstić information content (AvgIpc) is 2.95. The first-order valence-electron chi connectivity index (χ1n) is 8.38. The summed E-state index contributed by atoms with van der Waals surface area (Å²) in [6.45, 7) is 1.61. The van der Waals surface area contributed by atoms with Gasteiger partial charge in [0, 0.05) is 32.1 Å². The first-order valence-corrected chi connectivity index (χ1v) is 8.76. The molecule has 0 saturated heterocycles. The molecule has 2 aromatic heterocycles. The number of nitrogens with zero attached hydrogens (tertiary/aromatic N) is 4. The normalized spacial score (nSPS) is 11.2. The number of rotatable bonds is 6. The van der Waals surface area contributed by atoms with E-state index in [4.69, 9.17) is 11.6 Å². The van der Waals surface area contributed by atoms with Crippen molar-refractivity contribution >= 4 is 28.7 Å². The average molecular weight is 378 g/mol. The molecule has 4 N–H and O–H groups in total. The molecule has 0 amide bonds. The lowest BCUT2D eigenvalue weighted by atomic mass is 10.2. The molecule has 3 rings (SSSR count). The van der Waals surface area contributed by atoms with Crippen molar-refractivity contribution in [3.63, 3.8) is 0 Å². The number of aromatic nitrogens is 4. The highest BCUT2D eigenvalue weighted by molar-refractivity contribution is 6.31. The Morgan fingerprint density at radius 3 is 2.62 bits per heavy atom. The minimum Gasteiger partial charge on any atom is -0.358 e. The third-order valence-corrected chi connectivity index (χ3v) is 4.72. The third kappa shape index (κ3) is 3.13. The van der Waals surface area contributed by atoms with Gasteiger partial charge in [-0.05, 0) is 11.6 Å². The summed E-state index contributed by atoms with van der Waals surface area (Å²) in [7, 11) is 3.37. The smallest absolute Gasteiger partial charge is 0.332 e. The first-order chi connectivity index (χ1) is 12.5. The molecule has 0 bridgehead atoms. The van der Waals surface area contributed by atoms with Crippen molar-refractivity contribution in [1.29, 1.82) is 0 Å². The lowest BCUT2D eigenvalue weighted by Crippen LogP contribution is -2.50. The number of benzene rings is 1. The molecule has 2 heterocycles. The van der Waals surface area contributed by atoms with E-state index in [0.717, 1.165) is 13.0 Å². The van der Waals surface area contributed by atoms with Crippen molar-refractivity contribution < 1.29 is 5.73 Å². The van der Waals surface area contributed by atoms with Gasteiger partial charge in [0.1, 0.15) is 0 Å². The number of imidazole rings is 1. The highest BCUT2D eigenvalue weighted by Gasteiger charge is 2.18. The minimum atomic E-state index is -0.426. The van der Waals surface area contributed by atoms with Gasteiger partial charge in [0.15, 0.2) is 11.2 Å². The van der Waals surface area contributed by atoms with E-state index in [2.05, 4.69) is 16.0 Å². The van der Waals surface area contributed by atoms with Crippen molar-refractivity contribution in [2.45, 2.75) is 13.0 Å². The molecule has 0 fully saturated rings. The molecule has 0 aliphatic carbocycles. The van der Waals surface area contributed by atoms with Gasteiger partial charge in [-0.2, -0.15) is 4.98 Å². The zero-order chi connectivity index (χ0) is 18.8. The summed E-state index contributed by atoms with van der Waals surface area (Å²) in [5.41, 5.74) is 4.43. The second kappa shape index (κ2) is 7.35. The van der Waals surface area contributed by atoms with Gasteiger partial charge in [-0.1, -0.05) is 29.8 Å². The van der Waals surface area contributed by atoms with E-state index < -0.39 is 5.69 Å². The van der Waals surface area contributed by atoms with E-state index >= 15 is 0 Å². The van der Waals surface area contributed by atoms with E-state index in [0.29, 0.717) is 34.2 Å². The molecular weight excluding hydrogens is 356 g/mol. The molecule has 0 radical (unpaired) electrons.